The van der Waals surface area contributed by atoms with E-state index in [1.807, 2.05) is 12.1 Å². The molecule has 0 saturated heterocycles. The fourth-order valence-electron chi connectivity index (χ4n) is 3.67. The number of rotatable bonds is 8. The molecule has 0 heterocycles. The van der Waals surface area contributed by atoms with Gasteiger partial charge in [0.05, 0.1) is 0 Å². The van der Waals surface area contributed by atoms with Crippen molar-refractivity contribution in [2.24, 2.45) is 5.92 Å². The second kappa shape index (κ2) is 9.02. The molecule has 1 heteroatoms. The zero-order valence-corrected chi connectivity index (χ0v) is 13.5. The van der Waals surface area contributed by atoms with Gasteiger partial charge in [0.25, 0.3) is 0 Å². The van der Waals surface area contributed by atoms with E-state index in [0.717, 1.165) is 23.7 Å². The third-order valence-corrected chi connectivity index (χ3v) is 5.11. The van der Waals surface area contributed by atoms with Crippen LogP contribution in [0.15, 0.2) is 24.3 Å². The van der Waals surface area contributed by atoms with Crippen molar-refractivity contribution in [1.82, 2.24) is 0 Å². The summed E-state index contributed by atoms with van der Waals surface area (Å²) in [5, 5.41) is 0. The van der Waals surface area contributed by atoms with Crippen molar-refractivity contribution in [1.29, 1.82) is 0 Å². The average molecular weight is 286 g/mol. The van der Waals surface area contributed by atoms with Gasteiger partial charge in [-0.15, -0.1) is 0 Å². The lowest BCUT2D eigenvalue weighted by Crippen LogP contribution is -2.13. The molecular weight excluding hydrogens is 256 g/mol. The molecule has 1 saturated carbocycles. The van der Waals surface area contributed by atoms with Crippen molar-refractivity contribution in [2.45, 2.75) is 77.0 Å². The summed E-state index contributed by atoms with van der Waals surface area (Å²) in [6.45, 7) is 2.28. The van der Waals surface area contributed by atoms with Crippen LogP contribution in [0.4, 0.5) is 0 Å². The molecule has 0 amide bonds. The Bertz CT molecular complexity index is 398. The van der Waals surface area contributed by atoms with Crippen LogP contribution in [0.3, 0.4) is 0 Å². The minimum Gasteiger partial charge on any atom is -0.298 e. The molecule has 0 radical (unpaired) electrons. The summed E-state index contributed by atoms with van der Waals surface area (Å²) in [4.78, 5) is 10.7. The number of carbonyl (C=O) groups excluding carboxylic acids is 1. The summed E-state index contributed by atoms with van der Waals surface area (Å²) in [5.41, 5.74) is 2.22. The molecule has 1 fully saturated rings. The van der Waals surface area contributed by atoms with E-state index in [9.17, 15) is 4.79 Å². The van der Waals surface area contributed by atoms with E-state index in [2.05, 4.69) is 19.1 Å². The van der Waals surface area contributed by atoms with Crippen molar-refractivity contribution in [3.05, 3.63) is 35.4 Å². The number of carbonyl (C=O) groups is 1. The van der Waals surface area contributed by atoms with Crippen molar-refractivity contribution >= 4 is 6.29 Å². The van der Waals surface area contributed by atoms with Gasteiger partial charge in [-0.1, -0.05) is 69.7 Å². The van der Waals surface area contributed by atoms with Gasteiger partial charge in [0, 0.05) is 5.56 Å². The van der Waals surface area contributed by atoms with E-state index < -0.39 is 0 Å². The van der Waals surface area contributed by atoms with Crippen LogP contribution in [0, 0.1) is 5.92 Å². The van der Waals surface area contributed by atoms with E-state index in [1.54, 1.807) is 0 Å². The SMILES string of the molecule is CCCCCCC[C@H]1CC[C@H](c2ccc(C=O)cc2)CC1. The molecule has 2 rings (SSSR count). The summed E-state index contributed by atoms with van der Waals surface area (Å²) < 4.78 is 0. The topological polar surface area (TPSA) is 17.1 Å². The standard InChI is InChI=1S/C20H30O/c1-2-3-4-5-6-7-17-8-12-19(13-9-17)20-14-10-18(16-21)11-15-20/h10-11,14-17,19H,2-9,12-13H2,1H3/t17-,19-. The minimum absolute atomic E-state index is 0.724. The van der Waals surface area contributed by atoms with Gasteiger partial charge in [-0.3, -0.25) is 4.79 Å². The first kappa shape index (κ1) is 16.3. The Morgan fingerprint density at radius 3 is 2.24 bits per heavy atom. The molecule has 0 unspecified atom stereocenters. The molecule has 0 atom stereocenters. The molecule has 0 bridgehead atoms. The molecule has 116 valence electrons. The van der Waals surface area contributed by atoms with Crippen LogP contribution < -0.4 is 0 Å². The summed E-state index contributed by atoms with van der Waals surface area (Å²) in [7, 11) is 0. The maximum absolute atomic E-state index is 10.7. The van der Waals surface area contributed by atoms with Gasteiger partial charge >= 0.3 is 0 Å². The van der Waals surface area contributed by atoms with Crippen LogP contribution in [0.2, 0.25) is 0 Å². The predicted octanol–water partition coefficient (Wildman–Crippen LogP) is 6.13. The quantitative estimate of drug-likeness (QED) is 0.415. The lowest BCUT2D eigenvalue weighted by Gasteiger charge is -2.29. The van der Waals surface area contributed by atoms with Gasteiger partial charge in [0.15, 0.2) is 0 Å². The van der Waals surface area contributed by atoms with Gasteiger partial charge in [0.1, 0.15) is 6.29 Å². The second-order valence-electron chi connectivity index (χ2n) is 6.71. The summed E-state index contributed by atoms with van der Waals surface area (Å²) >= 11 is 0. The molecule has 0 N–H and O–H groups in total. The number of benzene rings is 1. The molecule has 0 aliphatic heterocycles. The number of hydrogen-bond donors (Lipinski definition) is 0. The van der Waals surface area contributed by atoms with E-state index in [1.165, 1.54) is 69.8 Å². The second-order valence-corrected chi connectivity index (χ2v) is 6.71. The van der Waals surface area contributed by atoms with Crippen molar-refractivity contribution in [2.75, 3.05) is 0 Å². The van der Waals surface area contributed by atoms with Crippen molar-refractivity contribution < 1.29 is 4.79 Å². The van der Waals surface area contributed by atoms with Crippen LogP contribution in [0.25, 0.3) is 0 Å². The first-order valence-corrected chi connectivity index (χ1v) is 8.88. The highest BCUT2D eigenvalue weighted by Crippen LogP contribution is 2.37. The van der Waals surface area contributed by atoms with Gasteiger partial charge in [-0.2, -0.15) is 0 Å². The zero-order valence-electron chi connectivity index (χ0n) is 13.5. The first-order valence-electron chi connectivity index (χ1n) is 8.88. The highest BCUT2D eigenvalue weighted by atomic mass is 16.1. The van der Waals surface area contributed by atoms with Crippen LogP contribution in [0.1, 0.15) is 93.0 Å². The lowest BCUT2D eigenvalue weighted by molar-refractivity contribution is 0.112. The molecule has 21 heavy (non-hydrogen) atoms. The summed E-state index contributed by atoms with van der Waals surface area (Å²) in [6.07, 6.45) is 14.9. The zero-order chi connectivity index (χ0) is 14.9. The van der Waals surface area contributed by atoms with Gasteiger partial charge in [-0.25, -0.2) is 0 Å². The Kier molecular flexibility index (Phi) is 6.99. The number of unbranched alkanes of at least 4 members (excludes halogenated alkanes) is 4. The van der Waals surface area contributed by atoms with Gasteiger partial charge in [0.2, 0.25) is 0 Å². The molecule has 1 aromatic carbocycles. The smallest absolute Gasteiger partial charge is 0.150 e. The third kappa shape index (κ3) is 5.30. The largest absolute Gasteiger partial charge is 0.298 e. The average Bonchev–Trinajstić information content (AvgIpc) is 2.55. The Morgan fingerprint density at radius 2 is 1.62 bits per heavy atom. The first-order chi connectivity index (χ1) is 10.3. The van der Waals surface area contributed by atoms with E-state index >= 15 is 0 Å². The molecule has 0 spiro atoms. The Morgan fingerprint density at radius 1 is 0.952 bits per heavy atom. The monoisotopic (exact) mass is 286 g/mol. The third-order valence-electron chi connectivity index (χ3n) is 5.11. The molecular formula is C20H30O. The predicted molar refractivity (Wildman–Crippen MR) is 89.9 cm³/mol. The molecule has 1 aromatic rings. The summed E-state index contributed by atoms with van der Waals surface area (Å²) in [6, 6.07) is 8.23. The lowest BCUT2D eigenvalue weighted by atomic mass is 9.77. The highest BCUT2D eigenvalue weighted by Gasteiger charge is 2.21. The van der Waals surface area contributed by atoms with Crippen LogP contribution >= 0.6 is 0 Å². The van der Waals surface area contributed by atoms with Crippen LogP contribution in [0.5, 0.6) is 0 Å². The maximum Gasteiger partial charge on any atom is 0.150 e. The highest BCUT2D eigenvalue weighted by molar-refractivity contribution is 5.74. The van der Waals surface area contributed by atoms with E-state index in [-0.39, 0.29) is 0 Å². The minimum atomic E-state index is 0.724. The maximum atomic E-state index is 10.7. The fourth-order valence-corrected chi connectivity index (χ4v) is 3.67. The van der Waals surface area contributed by atoms with E-state index in [0.29, 0.717) is 0 Å². The molecule has 1 nitrogen and oxygen atoms in total. The fraction of sp³-hybridized carbons (Fsp3) is 0.650. The van der Waals surface area contributed by atoms with Gasteiger partial charge in [-0.05, 0) is 43.1 Å². The van der Waals surface area contributed by atoms with Crippen molar-refractivity contribution in [3.8, 4) is 0 Å². The Balaban J connectivity index is 1.68. The van der Waals surface area contributed by atoms with E-state index in [4.69, 9.17) is 0 Å². The Labute approximate surface area is 130 Å². The number of hydrogen-bond acceptors (Lipinski definition) is 1. The normalized spacial score (nSPS) is 22.1. The molecule has 1 aliphatic rings. The molecule has 1 aliphatic carbocycles. The van der Waals surface area contributed by atoms with Crippen molar-refractivity contribution in [3.63, 3.8) is 0 Å². The Hall–Kier alpha value is -1.11. The van der Waals surface area contributed by atoms with Crippen LogP contribution in [-0.2, 0) is 0 Å². The van der Waals surface area contributed by atoms with Crippen LogP contribution in [-0.4, -0.2) is 6.29 Å². The van der Waals surface area contributed by atoms with Gasteiger partial charge < -0.3 is 0 Å². The molecule has 0 aromatic heterocycles. The summed E-state index contributed by atoms with van der Waals surface area (Å²) in [5.74, 6) is 1.69. The number of aldehydes is 1.